The van der Waals surface area contributed by atoms with E-state index in [2.05, 4.69) is 24.1 Å². The number of nitrogens with one attached hydrogen (secondary N) is 1. The van der Waals surface area contributed by atoms with Gasteiger partial charge < -0.3 is 10.0 Å². The molecule has 0 radical (unpaired) electrons. The molecule has 1 saturated carbocycles. The number of carbonyl (C=O) groups is 1. The molecule has 2 N–H and O–H groups in total. The smallest absolute Gasteiger partial charge is 0.325 e. The van der Waals surface area contributed by atoms with Crippen molar-refractivity contribution in [2.75, 3.05) is 20.1 Å². The summed E-state index contributed by atoms with van der Waals surface area (Å²) >= 11 is 0. The lowest BCUT2D eigenvalue weighted by atomic mass is 9.91. The summed E-state index contributed by atoms with van der Waals surface area (Å²) in [7, 11) is 2.02. The van der Waals surface area contributed by atoms with Crippen LogP contribution in [0.5, 0.6) is 0 Å². The number of carboxylic acid groups (broad SMARTS) is 1. The summed E-state index contributed by atoms with van der Waals surface area (Å²) in [6, 6.07) is 0.189. The molecule has 1 fully saturated rings. The highest BCUT2D eigenvalue weighted by molar-refractivity contribution is 5.80. The maximum atomic E-state index is 11.8. The quantitative estimate of drug-likeness (QED) is 0.695. The van der Waals surface area contributed by atoms with E-state index in [9.17, 15) is 9.90 Å². The molecule has 1 atom stereocenters. The van der Waals surface area contributed by atoms with Gasteiger partial charge in [-0.1, -0.05) is 13.8 Å². The first-order valence-electron chi connectivity index (χ1n) is 6.97. The lowest BCUT2D eigenvalue weighted by molar-refractivity contribution is -0.147. The van der Waals surface area contributed by atoms with Crippen molar-refractivity contribution in [3.05, 3.63) is 0 Å². The van der Waals surface area contributed by atoms with Gasteiger partial charge in [0, 0.05) is 19.1 Å². The molecule has 0 aliphatic heterocycles. The summed E-state index contributed by atoms with van der Waals surface area (Å²) in [6.45, 7) is 9.87. The van der Waals surface area contributed by atoms with E-state index >= 15 is 0 Å². The second-order valence-electron chi connectivity index (χ2n) is 6.44. The number of hydrogen-bond acceptors (Lipinski definition) is 3. The van der Waals surface area contributed by atoms with Crippen LogP contribution in [0.15, 0.2) is 0 Å². The Morgan fingerprint density at radius 2 is 1.94 bits per heavy atom. The molecule has 0 saturated heterocycles. The van der Waals surface area contributed by atoms with Crippen molar-refractivity contribution < 1.29 is 9.90 Å². The average molecular weight is 256 g/mol. The van der Waals surface area contributed by atoms with Crippen LogP contribution < -0.4 is 5.32 Å². The third-order valence-electron chi connectivity index (χ3n) is 3.40. The fourth-order valence-corrected chi connectivity index (χ4v) is 2.80. The van der Waals surface area contributed by atoms with Gasteiger partial charge in [-0.25, -0.2) is 0 Å². The molecule has 0 aromatic carbocycles. The van der Waals surface area contributed by atoms with Gasteiger partial charge in [-0.2, -0.15) is 0 Å². The summed E-state index contributed by atoms with van der Waals surface area (Å²) in [5.74, 6) is 0.140. The monoisotopic (exact) mass is 256 g/mol. The molecule has 0 amide bonds. The fourth-order valence-electron chi connectivity index (χ4n) is 2.80. The summed E-state index contributed by atoms with van der Waals surface area (Å²) < 4.78 is 0. The molecule has 18 heavy (non-hydrogen) atoms. The lowest BCUT2D eigenvalue weighted by Crippen LogP contribution is -2.62. The van der Waals surface area contributed by atoms with E-state index in [0.717, 1.165) is 19.4 Å². The summed E-state index contributed by atoms with van der Waals surface area (Å²) in [5, 5.41) is 13.0. The van der Waals surface area contributed by atoms with Crippen molar-refractivity contribution >= 4 is 5.97 Å². The minimum absolute atomic E-state index is 0.189. The van der Waals surface area contributed by atoms with E-state index in [1.54, 1.807) is 0 Å². The zero-order chi connectivity index (χ0) is 13.9. The van der Waals surface area contributed by atoms with E-state index in [1.165, 1.54) is 0 Å². The van der Waals surface area contributed by atoms with Crippen LogP contribution in [0.1, 0.15) is 40.5 Å². The highest BCUT2D eigenvalue weighted by atomic mass is 16.4. The molecule has 4 nitrogen and oxygen atoms in total. The van der Waals surface area contributed by atoms with Gasteiger partial charge in [0.15, 0.2) is 0 Å². The van der Waals surface area contributed by atoms with Gasteiger partial charge in [0.25, 0.3) is 0 Å². The Bertz CT molecular complexity index is 288. The molecular weight excluding hydrogens is 228 g/mol. The molecule has 4 heteroatoms. The number of likely N-dealkylation sites (N-methyl/N-ethyl adjacent to an activating group) is 1. The number of rotatable bonds is 8. The Labute approximate surface area is 111 Å². The number of nitrogens with zero attached hydrogens (tertiary/aromatic N) is 1. The summed E-state index contributed by atoms with van der Waals surface area (Å²) in [6.07, 6.45) is 2.06. The third-order valence-corrected chi connectivity index (χ3v) is 3.40. The number of hydrogen-bond donors (Lipinski definition) is 2. The molecule has 1 rings (SSSR count). The van der Waals surface area contributed by atoms with Crippen molar-refractivity contribution in [3.8, 4) is 0 Å². The fraction of sp³-hybridized carbons (Fsp3) is 0.929. The van der Waals surface area contributed by atoms with E-state index in [1.807, 2.05) is 20.9 Å². The van der Waals surface area contributed by atoms with Crippen molar-refractivity contribution in [1.82, 2.24) is 10.2 Å². The van der Waals surface area contributed by atoms with Gasteiger partial charge in [-0.05, 0) is 45.6 Å². The van der Waals surface area contributed by atoms with Gasteiger partial charge in [0.1, 0.15) is 5.54 Å². The second kappa shape index (κ2) is 6.02. The number of carboxylic acids is 1. The predicted octanol–water partition coefficient (Wildman–Crippen LogP) is 1.81. The summed E-state index contributed by atoms with van der Waals surface area (Å²) in [4.78, 5) is 13.9. The van der Waals surface area contributed by atoms with Crippen molar-refractivity contribution in [3.63, 3.8) is 0 Å². The standard InChI is InChI=1S/C14H28N2O2/c1-10(2)8-16(5)9-14(13(17)18,12-6-7-12)15-11(3)4/h10-12,15H,6-9H2,1-5H3,(H,17,18). The number of aliphatic carboxylic acids is 1. The molecule has 0 spiro atoms. The first-order valence-corrected chi connectivity index (χ1v) is 6.97. The SMILES string of the molecule is CC(C)CN(C)CC(NC(C)C)(C(=O)O)C1CC1. The lowest BCUT2D eigenvalue weighted by Gasteiger charge is -2.36. The van der Waals surface area contributed by atoms with E-state index in [0.29, 0.717) is 12.5 Å². The molecule has 0 aromatic rings. The molecule has 1 unspecified atom stereocenters. The molecule has 0 bridgehead atoms. The molecule has 0 heterocycles. The van der Waals surface area contributed by atoms with E-state index in [4.69, 9.17) is 0 Å². The minimum atomic E-state index is -0.766. The Hall–Kier alpha value is -0.610. The minimum Gasteiger partial charge on any atom is -0.480 e. The van der Waals surface area contributed by atoms with Gasteiger partial charge >= 0.3 is 5.97 Å². The van der Waals surface area contributed by atoms with Crippen molar-refractivity contribution in [2.24, 2.45) is 11.8 Å². The molecular formula is C14H28N2O2. The highest BCUT2D eigenvalue weighted by Gasteiger charge is 2.51. The normalized spacial score (nSPS) is 19.6. The highest BCUT2D eigenvalue weighted by Crippen LogP contribution is 2.40. The van der Waals surface area contributed by atoms with Crippen LogP contribution in [0, 0.1) is 11.8 Å². The van der Waals surface area contributed by atoms with Crippen molar-refractivity contribution in [1.29, 1.82) is 0 Å². The van der Waals surface area contributed by atoms with Crippen LogP contribution in [0.3, 0.4) is 0 Å². The predicted molar refractivity (Wildman–Crippen MR) is 73.7 cm³/mol. The zero-order valence-corrected chi connectivity index (χ0v) is 12.4. The van der Waals surface area contributed by atoms with Crippen LogP contribution in [0.4, 0.5) is 0 Å². The maximum absolute atomic E-state index is 11.8. The Morgan fingerprint density at radius 1 is 1.39 bits per heavy atom. The molecule has 106 valence electrons. The van der Waals surface area contributed by atoms with Crippen molar-refractivity contribution in [2.45, 2.75) is 52.1 Å². The second-order valence-corrected chi connectivity index (χ2v) is 6.44. The largest absolute Gasteiger partial charge is 0.480 e. The maximum Gasteiger partial charge on any atom is 0.325 e. The molecule has 0 aromatic heterocycles. The first-order chi connectivity index (χ1) is 8.28. The van der Waals surface area contributed by atoms with Crippen LogP contribution in [0.25, 0.3) is 0 Å². The third kappa shape index (κ3) is 3.95. The Kier molecular flexibility index (Phi) is 5.17. The van der Waals surface area contributed by atoms with Crippen LogP contribution in [-0.2, 0) is 4.79 Å². The topological polar surface area (TPSA) is 52.6 Å². The van der Waals surface area contributed by atoms with Gasteiger partial charge in [0.2, 0.25) is 0 Å². The van der Waals surface area contributed by atoms with Crippen LogP contribution >= 0.6 is 0 Å². The zero-order valence-electron chi connectivity index (χ0n) is 12.4. The molecule has 1 aliphatic rings. The van der Waals surface area contributed by atoms with Gasteiger partial charge in [-0.15, -0.1) is 0 Å². The van der Waals surface area contributed by atoms with Gasteiger partial charge in [0.05, 0.1) is 0 Å². The average Bonchev–Trinajstić information content (AvgIpc) is 2.96. The Balaban J connectivity index is 2.78. The van der Waals surface area contributed by atoms with Gasteiger partial charge in [-0.3, -0.25) is 10.1 Å². The van der Waals surface area contributed by atoms with E-state index < -0.39 is 11.5 Å². The first kappa shape index (κ1) is 15.4. The summed E-state index contributed by atoms with van der Waals surface area (Å²) in [5.41, 5.74) is -0.766. The van der Waals surface area contributed by atoms with Crippen LogP contribution in [0.2, 0.25) is 0 Å². The van der Waals surface area contributed by atoms with E-state index in [-0.39, 0.29) is 12.0 Å². The Morgan fingerprint density at radius 3 is 2.28 bits per heavy atom. The van der Waals surface area contributed by atoms with Crippen LogP contribution in [-0.4, -0.2) is 47.7 Å². The molecule has 1 aliphatic carbocycles.